The first-order chi connectivity index (χ1) is 28.1. The van der Waals surface area contributed by atoms with Gasteiger partial charge in [-0.25, -0.2) is 17.8 Å². The number of carbonyl (C=O) groups excluding carboxylic acids is 4. The fraction of sp³-hybridized carbons (Fsp3) is 0.463. The van der Waals surface area contributed by atoms with Crippen LogP contribution in [-0.2, 0) is 24.4 Å². The Bertz CT molecular complexity index is 2460. The molecule has 0 spiro atoms. The summed E-state index contributed by atoms with van der Waals surface area (Å²) in [5, 5.41) is 4.22. The molecule has 5 atom stereocenters. The van der Waals surface area contributed by atoms with Gasteiger partial charge in [-0.15, -0.1) is 13.2 Å². The summed E-state index contributed by atoms with van der Waals surface area (Å²) in [6.45, 7) is 1.41. The van der Waals surface area contributed by atoms with Crippen molar-refractivity contribution in [2.75, 3.05) is 6.54 Å². The van der Waals surface area contributed by atoms with E-state index in [0.29, 0.717) is 53.3 Å². The number of halogens is 3. The van der Waals surface area contributed by atoms with Crippen molar-refractivity contribution in [1.82, 2.24) is 24.3 Å². The number of aromatic nitrogens is 2. The first kappa shape index (κ1) is 40.7. The summed E-state index contributed by atoms with van der Waals surface area (Å²) >= 11 is 0.967. The Morgan fingerprint density at radius 2 is 1.81 bits per heavy atom. The average molecular weight is 854 g/mol. The zero-order valence-electron chi connectivity index (χ0n) is 32.0. The number of sulfonamides is 1. The van der Waals surface area contributed by atoms with Gasteiger partial charge in [-0.2, -0.15) is 0 Å². The Morgan fingerprint density at radius 1 is 1.02 bits per heavy atom. The maximum atomic E-state index is 14.7. The third-order valence-electron chi connectivity index (χ3n) is 12.0. The standard InChI is InChI=1S/C41H42F3N5O8S2/c1-39(16-17-39)59(54,55)48-38(53)40-21-24(40)9-5-3-2-4-6-12-31(46-35(51)34-15-18-45-58-34)37(52)49-23-26(20-32(49)33(50)22-40)56-36-29-19-25(57-41(42,43)44)13-14-27(29)28-10-7-8-11-30(28)47-36/h5,7-11,13-15,18-19,24,26,31-32H,2-4,6,12,16-17,20-23H2,1H3,(H,46,51)(H,48,53)/b9-5-/t24-,26-,31+,32+,40-/m1/s1. The highest BCUT2D eigenvalue weighted by Crippen LogP contribution is 2.57. The van der Waals surface area contributed by atoms with Crippen molar-refractivity contribution in [2.24, 2.45) is 11.3 Å². The molecule has 2 N–H and O–H groups in total. The second-order valence-corrected chi connectivity index (χ2v) is 19.2. The van der Waals surface area contributed by atoms with E-state index in [0.717, 1.165) is 18.0 Å². The number of rotatable bonds is 8. The molecule has 0 bridgehead atoms. The van der Waals surface area contributed by atoms with E-state index < -0.39 is 79.9 Å². The molecule has 4 aromatic rings. The van der Waals surface area contributed by atoms with Crippen molar-refractivity contribution >= 4 is 66.7 Å². The predicted octanol–water partition coefficient (Wildman–Crippen LogP) is 6.37. The number of ether oxygens (including phenoxy) is 2. The molecule has 0 radical (unpaired) electrons. The van der Waals surface area contributed by atoms with Gasteiger partial charge in [0, 0.05) is 29.8 Å². The molecule has 2 aromatic carbocycles. The molecular formula is C41H42F3N5O8S2. The van der Waals surface area contributed by atoms with Gasteiger partial charge in [0.05, 0.1) is 28.3 Å². The maximum absolute atomic E-state index is 14.7. The number of nitrogens with one attached hydrogen (secondary N) is 2. The summed E-state index contributed by atoms with van der Waals surface area (Å²) in [6.07, 6.45) is 2.97. The zero-order chi connectivity index (χ0) is 41.7. The van der Waals surface area contributed by atoms with Crippen LogP contribution in [0.25, 0.3) is 21.7 Å². The number of carbonyl (C=O) groups is 4. The number of hydrogen-bond donors (Lipinski definition) is 2. The molecule has 2 saturated carbocycles. The number of nitrogens with zero attached hydrogens (tertiary/aromatic N) is 3. The number of para-hydroxylation sites is 1. The lowest BCUT2D eigenvalue weighted by Gasteiger charge is -2.29. The predicted molar refractivity (Wildman–Crippen MR) is 211 cm³/mol. The van der Waals surface area contributed by atoms with E-state index in [-0.39, 0.29) is 43.5 Å². The Balaban J connectivity index is 1.14. The molecule has 2 aromatic heterocycles. The molecule has 312 valence electrons. The number of benzene rings is 2. The van der Waals surface area contributed by atoms with Crippen molar-refractivity contribution in [2.45, 2.75) is 100 Å². The van der Waals surface area contributed by atoms with Crippen LogP contribution < -0.4 is 19.5 Å². The van der Waals surface area contributed by atoms with E-state index in [4.69, 9.17) is 4.74 Å². The number of hydrogen-bond acceptors (Lipinski definition) is 11. The molecule has 2 aliphatic heterocycles. The van der Waals surface area contributed by atoms with Crippen LogP contribution in [0.15, 0.2) is 66.9 Å². The van der Waals surface area contributed by atoms with E-state index in [1.165, 1.54) is 35.4 Å². The summed E-state index contributed by atoms with van der Waals surface area (Å²) in [5.74, 6) is -3.27. The quantitative estimate of drug-likeness (QED) is 0.150. The third-order valence-corrected chi connectivity index (χ3v) is 14.9. The number of allylic oxidation sites excluding steroid dienone is 2. The van der Waals surface area contributed by atoms with Crippen LogP contribution in [0.3, 0.4) is 0 Å². The summed E-state index contributed by atoms with van der Waals surface area (Å²) in [5.41, 5.74) is -0.883. The molecule has 18 heteroatoms. The highest BCUT2D eigenvalue weighted by Gasteiger charge is 2.62. The van der Waals surface area contributed by atoms with Gasteiger partial charge in [0.25, 0.3) is 5.91 Å². The summed E-state index contributed by atoms with van der Waals surface area (Å²) in [4.78, 5) is 62.9. The van der Waals surface area contributed by atoms with Gasteiger partial charge in [0.2, 0.25) is 27.7 Å². The van der Waals surface area contributed by atoms with Gasteiger partial charge in [-0.1, -0.05) is 43.2 Å². The first-order valence-electron chi connectivity index (χ1n) is 19.6. The van der Waals surface area contributed by atoms with E-state index in [2.05, 4.69) is 24.1 Å². The number of Topliss-reactive ketones (excluding diaryl/α,β-unsaturated/α-hetero) is 1. The second kappa shape index (κ2) is 15.5. The molecule has 2 aliphatic carbocycles. The van der Waals surface area contributed by atoms with Crippen molar-refractivity contribution < 1.29 is 50.2 Å². The Hall–Kier alpha value is -5.10. The molecule has 3 fully saturated rings. The summed E-state index contributed by atoms with van der Waals surface area (Å²) in [7, 11) is -4.03. The zero-order valence-corrected chi connectivity index (χ0v) is 33.6. The monoisotopic (exact) mass is 853 g/mol. The SMILES string of the molecule is CC1(S(=O)(=O)NC(=O)[C@]23CC(=O)[C@@H]4C[C@@H](Oc5nc6ccccc6c6ccc(OC(F)(F)F)cc56)CN4C(=O)[C@@H](NC(=O)c4ccns4)CCCCC/C=C\[C@@H]2C3)CC1. The van der Waals surface area contributed by atoms with Crippen LogP contribution in [-0.4, -0.2) is 82.0 Å². The molecule has 1 saturated heterocycles. The van der Waals surface area contributed by atoms with Gasteiger partial charge >= 0.3 is 6.36 Å². The lowest BCUT2D eigenvalue weighted by Crippen LogP contribution is -2.52. The van der Waals surface area contributed by atoms with Crippen LogP contribution in [0.2, 0.25) is 0 Å². The van der Waals surface area contributed by atoms with Crippen molar-refractivity contribution in [1.29, 1.82) is 0 Å². The van der Waals surface area contributed by atoms with Crippen LogP contribution in [0, 0.1) is 11.3 Å². The number of amides is 3. The minimum atomic E-state index is -4.96. The minimum absolute atomic E-state index is 0.0453. The lowest BCUT2D eigenvalue weighted by atomic mass is 9.91. The molecular weight excluding hydrogens is 812 g/mol. The lowest BCUT2D eigenvalue weighted by molar-refractivity contribution is -0.274. The van der Waals surface area contributed by atoms with Crippen molar-refractivity contribution in [3.8, 4) is 11.6 Å². The highest BCUT2D eigenvalue weighted by molar-refractivity contribution is 7.91. The van der Waals surface area contributed by atoms with E-state index in [9.17, 15) is 40.8 Å². The number of ketones is 1. The number of fused-ring (bicyclic) bond motifs is 5. The molecule has 0 unspecified atom stereocenters. The van der Waals surface area contributed by atoms with E-state index in [1.807, 2.05) is 12.2 Å². The number of alkyl halides is 3. The molecule has 59 heavy (non-hydrogen) atoms. The average Bonchev–Trinajstić information content (AvgIpc) is 3.93. The van der Waals surface area contributed by atoms with E-state index >= 15 is 0 Å². The van der Waals surface area contributed by atoms with Crippen LogP contribution in [0.5, 0.6) is 11.6 Å². The molecule has 3 amide bonds. The summed E-state index contributed by atoms with van der Waals surface area (Å²) in [6, 6.07) is 10.2. The number of pyridine rings is 1. The highest BCUT2D eigenvalue weighted by atomic mass is 32.2. The Morgan fingerprint density at radius 3 is 2.56 bits per heavy atom. The Labute approximate surface area is 341 Å². The van der Waals surface area contributed by atoms with Crippen molar-refractivity contribution in [3.63, 3.8) is 0 Å². The smallest absolute Gasteiger partial charge is 0.472 e. The van der Waals surface area contributed by atoms with E-state index in [1.54, 1.807) is 31.2 Å². The molecule has 4 aliphatic rings. The third kappa shape index (κ3) is 8.38. The van der Waals surface area contributed by atoms with Gasteiger partial charge < -0.3 is 19.7 Å². The molecule has 4 heterocycles. The van der Waals surface area contributed by atoms with Gasteiger partial charge in [-0.05, 0) is 98.6 Å². The second-order valence-electron chi connectivity index (χ2n) is 16.1. The van der Waals surface area contributed by atoms with Crippen LogP contribution in [0.4, 0.5) is 13.2 Å². The van der Waals surface area contributed by atoms with Crippen LogP contribution in [0.1, 0.15) is 80.8 Å². The van der Waals surface area contributed by atoms with Gasteiger partial charge in [0.1, 0.15) is 22.8 Å². The first-order valence-corrected chi connectivity index (χ1v) is 21.8. The largest absolute Gasteiger partial charge is 0.573 e. The fourth-order valence-electron chi connectivity index (χ4n) is 8.20. The van der Waals surface area contributed by atoms with Gasteiger partial charge in [-0.3, -0.25) is 23.9 Å². The van der Waals surface area contributed by atoms with Crippen LogP contribution >= 0.6 is 11.5 Å². The maximum Gasteiger partial charge on any atom is 0.573 e. The molecule has 8 rings (SSSR count). The Kier molecular flexibility index (Phi) is 10.7. The topological polar surface area (TPSA) is 174 Å². The minimum Gasteiger partial charge on any atom is -0.472 e. The fourth-order valence-corrected chi connectivity index (χ4v) is 10.0. The van der Waals surface area contributed by atoms with Gasteiger partial charge in [0.15, 0.2) is 5.78 Å². The normalized spacial score (nSPS) is 26.5. The van der Waals surface area contributed by atoms with Crippen molar-refractivity contribution in [3.05, 3.63) is 71.8 Å². The molecule has 13 nitrogen and oxygen atoms in total. The summed E-state index contributed by atoms with van der Waals surface area (Å²) < 4.78 is 82.3.